The topological polar surface area (TPSA) is 32.3 Å². The Hall–Kier alpha value is -0.870. The molecule has 0 unspecified atom stereocenters. The Labute approximate surface area is 114 Å². The van der Waals surface area contributed by atoms with Crippen LogP contribution in [0.1, 0.15) is 24.7 Å². The van der Waals surface area contributed by atoms with E-state index in [1.165, 1.54) is 13.0 Å². The van der Waals surface area contributed by atoms with Crippen LogP contribution in [-0.4, -0.2) is 47.6 Å². The molecule has 0 amide bonds. The van der Waals surface area contributed by atoms with Crippen molar-refractivity contribution < 1.29 is 0 Å². The molecule has 0 radical (unpaired) electrons. The normalized spacial score (nSPS) is 17.2. The summed E-state index contributed by atoms with van der Waals surface area (Å²) in [5.41, 5.74) is 1.87. The molecule has 0 aliphatic carbocycles. The molecular weight excluding hydrogens is 248 g/mol. The summed E-state index contributed by atoms with van der Waals surface area (Å²) in [6, 6.07) is 0. The first-order valence-corrected chi connectivity index (χ1v) is 6.97. The third-order valence-corrected chi connectivity index (χ3v) is 3.71. The van der Waals surface area contributed by atoms with Crippen LogP contribution in [0.15, 0.2) is 0 Å². The molecule has 2 rings (SSSR count). The van der Waals surface area contributed by atoms with Gasteiger partial charge in [-0.3, -0.25) is 4.90 Å². The van der Waals surface area contributed by atoms with Crippen molar-refractivity contribution in [3.63, 3.8) is 0 Å². The van der Waals surface area contributed by atoms with Crippen LogP contribution in [0, 0.1) is 13.8 Å². The van der Waals surface area contributed by atoms with Crippen LogP contribution in [-0.2, 0) is 0 Å². The van der Waals surface area contributed by atoms with Crippen LogP contribution in [0.4, 0.5) is 5.82 Å². The van der Waals surface area contributed by atoms with Crippen LogP contribution in [0.25, 0.3) is 0 Å². The minimum Gasteiger partial charge on any atom is -0.351 e. The maximum Gasteiger partial charge on any atom is 0.171 e. The van der Waals surface area contributed by atoms with E-state index in [0.29, 0.717) is 5.15 Å². The molecule has 2 heterocycles. The molecule has 0 spiro atoms. The highest BCUT2D eigenvalue weighted by molar-refractivity contribution is 6.31. The molecule has 0 bridgehead atoms. The maximum atomic E-state index is 6.20. The maximum absolute atomic E-state index is 6.20. The van der Waals surface area contributed by atoms with E-state index < -0.39 is 0 Å². The van der Waals surface area contributed by atoms with E-state index in [9.17, 15) is 0 Å². The van der Waals surface area contributed by atoms with Crippen LogP contribution in [0.2, 0.25) is 5.15 Å². The molecule has 1 aromatic heterocycles. The van der Waals surface area contributed by atoms with E-state index in [-0.39, 0.29) is 0 Å². The number of piperazine rings is 1. The highest BCUT2D eigenvalue weighted by Gasteiger charge is 2.20. The first kappa shape index (κ1) is 13.6. The van der Waals surface area contributed by atoms with E-state index in [0.717, 1.165) is 43.4 Å². The first-order valence-electron chi connectivity index (χ1n) is 6.60. The average Bonchev–Trinajstić information content (AvgIpc) is 2.35. The number of aryl methyl sites for hydroxylation is 2. The highest BCUT2D eigenvalue weighted by atomic mass is 35.5. The zero-order valence-electron chi connectivity index (χ0n) is 11.4. The SMILES string of the molecule is CCCN1CCN(c2nc(C)c(C)nc2Cl)CC1. The molecule has 1 saturated heterocycles. The molecule has 18 heavy (non-hydrogen) atoms. The van der Waals surface area contributed by atoms with Crippen LogP contribution in [0.5, 0.6) is 0 Å². The molecule has 0 saturated carbocycles. The minimum absolute atomic E-state index is 0.530. The van der Waals surface area contributed by atoms with Gasteiger partial charge in [0.1, 0.15) is 0 Å². The van der Waals surface area contributed by atoms with E-state index in [4.69, 9.17) is 11.6 Å². The standard InChI is InChI=1S/C13H21ClN4/c1-4-5-17-6-8-18(9-7-17)13-12(14)15-10(2)11(3)16-13/h4-9H2,1-3H3. The molecule has 1 aliphatic heterocycles. The van der Waals surface area contributed by atoms with E-state index in [1.807, 2.05) is 13.8 Å². The van der Waals surface area contributed by atoms with Gasteiger partial charge in [0.2, 0.25) is 0 Å². The van der Waals surface area contributed by atoms with Gasteiger partial charge in [-0.2, -0.15) is 0 Å². The molecule has 100 valence electrons. The Bertz CT molecular complexity index is 414. The van der Waals surface area contributed by atoms with Gasteiger partial charge < -0.3 is 4.90 Å². The van der Waals surface area contributed by atoms with Crippen molar-refractivity contribution in [2.45, 2.75) is 27.2 Å². The van der Waals surface area contributed by atoms with Gasteiger partial charge in [0.05, 0.1) is 11.4 Å². The lowest BCUT2D eigenvalue weighted by molar-refractivity contribution is 0.258. The lowest BCUT2D eigenvalue weighted by Gasteiger charge is -2.35. The third-order valence-electron chi connectivity index (χ3n) is 3.46. The van der Waals surface area contributed by atoms with Crippen molar-refractivity contribution >= 4 is 17.4 Å². The minimum atomic E-state index is 0.530. The number of halogens is 1. The number of hydrogen-bond donors (Lipinski definition) is 0. The molecule has 1 aromatic rings. The summed E-state index contributed by atoms with van der Waals surface area (Å²) in [6.07, 6.45) is 1.21. The Morgan fingerprint density at radius 2 is 1.67 bits per heavy atom. The summed E-state index contributed by atoms with van der Waals surface area (Å²) >= 11 is 6.20. The lowest BCUT2D eigenvalue weighted by Crippen LogP contribution is -2.47. The van der Waals surface area contributed by atoms with Crippen molar-refractivity contribution in [3.8, 4) is 0 Å². The highest BCUT2D eigenvalue weighted by Crippen LogP contribution is 2.23. The van der Waals surface area contributed by atoms with Gasteiger partial charge in [-0.15, -0.1) is 0 Å². The van der Waals surface area contributed by atoms with Crippen molar-refractivity contribution in [2.75, 3.05) is 37.6 Å². The van der Waals surface area contributed by atoms with Gasteiger partial charge in [-0.25, -0.2) is 9.97 Å². The van der Waals surface area contributed by atoms with Gasteiger partial charge >= 0.3 is 0 Å². The van der Waals surface area contributed by atoms with E-state index >= 15 is 0 Å². The molecular formula is C13H21ClN4. The molecule has 0 aromatic carbocycles. The third kappa shape index (κ3) is 2.93. The van der Waals surface area contributed by atoms with Gasteiger partial charge in [-0.05, 0) is 26.8 Å². The Balaban J connectivity index is 2.07. The van der Waals surface area contributed by atoms with Crippen molar-refractivity contribution in [1.82, 2.24) is 14.9 Å². The predicted octanol–water partition coefficient (Wildman–Crippen LogP) is 2.28. The fraction of sp³-hybridized carbons (Fsp3) is 0.692. The second kappa shape index (κ2) is 5.85. The monoisotopic (exact) mass is 268 g/mol. The molecule has 0 atom stereocenters. The fourth-order valence-electron chi connectivity index (χ4n) is 2.26. The molecule has 1 aliphatic rings. The number of aromatic nitrogens is 2. The van der Waals surface area contributed by atoms with Gasteiger partial charge in [0.25, 0.3) is 0 Å². The average molecular weight is 269 g/mol. The zero-order valence-corrected chi connectivity index (χ0v) is 12.2. The second-order valence-corrected chi connectivity index (χ2v) is 5.20. The number of rotatable bonds is 3. The van der Waals surface area contributed by atoms with Crippen LogP contribution >= 0.6 is 11.6 Å². The number of nitrogens with zero attached hydrogens (tertiary/aromatic N) is 4. The smallest absolute Gasteiger partial charge is 0.171 e. The quantitative estimate of drug-likeness (QED) is 0.842. The summed E-state index contributed by atoms with van der Waals surface area (Å²) in [5.74, 6) is 0.843. The van der Waals surface area contributed by atoms with E-state index in [1.54, 1.807) is 0 Å². The van der Waals surface area contributed by atoms with Crippen molar-refractivity contribution in [1.29, 1.82) is 0 Å². The van der Waals surface area contributed by atoms with Crippen LogP contribution < -0.4 is 4.90 Å². The summed E-state index contributed by atoms with van der Waals surface area (Å²) in [7, 11) is 0. The molecule has 4 nitrogen and oxygen atoms in total. The Morgan fingerprint density at radius 1 is 1.06 bits per heavy atom. The van der Waals surface area contributed by atoms with Crippen molar-refractivity contribution in [3.05, 3.63) is 16.5 Å². The summed E-state index contributed by atoms with van der Waals surface area (Å²) in [6.45, 7) is 11.5. The summed E-state index contributed by atoms with van der Waals surface area (Å²) < 4.78 is 0. The van der Waals surface area contributed by atoms with E-state index in [2.05, 4.69) is 26.7 Å². The number of anilines is 1. The molecule has 1 fully saturated rings. The fourth-order valence-corrected chi connectivity index (χ4v) is 2.55. The summed E-state index contributed by atoms with van der Waals surface area (Å²) in [4.78, 5) is 13.7. The zero-order chi connectivity index (χ0) is 13.1. The largest absolute Gasteiger partial charge is 0.351 e. The Morgan fingerprint density at radius 3 is 2.28 bits per heavy atom. The first-order chi connectivity index (χ1) is 8.61. The predicted molar refractivity (Wildman–Crippen MR) is 75.5 cm³/mol. The summed E-state index contributed by atoms with van der Waals surface area (Å²) in [5, 5.41) is 0.530. The Kier molecular flexibility index (Phi) is 4.40. The second-order valence-electron chi connectivity index (χ2n) is 4.84. The van der Waals surface area contributed by atoms with Crippen molar-refractivity contribution in [2.24, 2.45) is 0 Å². The van der Waals surface area contributed by atoms with Gasteiger partial charge in [-0.1, -0.05) is 18.5 Å². The number of hydrogen-bond acceptors (Lipinski definition) is 4. The molecule has 0 N–H and O–H groups in total. The van der Waals surface area contributed by atoms with Gasteiger partial charge in [0, 0.05) is 26.2 Å². The molecule has 5 heteroatoms. The lowest BCUT2D eigenvalue weighted by atomic mass is 10.3. The van der Waals surface area contributed by atoms with Crippen LogP contribution in [0.3, 0.4) is 0 Å². The van der Waals surface area contributed by atoms with Gasteiger partial charge in [0.15, 0.2) is 11.0 Å².